The molecule has 4 aromatic heterocycles. The van der Waals surface area contributed by atoms with Gasteiger partial charge in [-0.3, -0.25) is 0 Å². The predicted molar refractivity (Wildman–Crippen MR) is 452 cm³/mol. The van der Waals surface area contributed by atoms with Gasteiger partial charge in [-0.2, -0.15) is 0 Å². The summed E-state index contributed by atoms with van der Waals surface area (Å²) in [5.41, 5.74) is 34.1. The number of nitrogens with zero attached hydrogens (tertiary/aromatic N) is 5. The molecule has 5 heteroatoms. The van der Waals surface area contributed by atoms with Crippen molar-refractivity contribution in [3.63, 3.8) is 0 Å². The summed E-state index contributed by atoms with van der Waals surface area (Å²) in [6.07, 6.45) is 0. The molecular formula is C103H65N5. The van der Waals surface area contributed by atoms with Crippen molar-refractivity contribution in [3.8, 4) is 89.5 Å². The third kappa shape index (κ3) is 8.87. The van der Waals surface area contributed by atoms with Crippen LogP contribution in [0.25, 0.3) is 177 Å². The first kappa shape index (κ1) is 60.2. The normalized spacial score (nSPS) is 12.4. The van der Waals surface area contributed by atoms with E-state index in [9.17, 15) is 0 Å². The highest BCUT2D eigenvalue weighted by Crippen LogP contribution is 2.62. The lowest BCUT2D eigenvalue weighted by atomic mass is 9.76. The number of benzene rings is 17. The Hall–Kier alpha value is -14.3. The van der Waals surface area contributed by atoms with Crippen LogP contribution >= 0.6 is 0 Å². The summed E-state index contributed by atoms with van der Waals surface area (Å²) in [6.45, 7) is 0. The molecule has 0 bridgehead atoms. The molecule has 502 valence electrons. The van der Waals surface area contributed by atoms with Crippen molar-refractivity contribution in [1.82, 2.24) is 18.3 Å². The van der Waals surface area contributed by atoms with Gasteiger partial charge in [0.1, 0.15) is 0 Å². The maximum Gasteiger partial charge on any atom is 0.0990 e. The van der Waals surface area contributed by atoms with E-state index in [0.29, 0.717) is 0 Å². The zero-order chi connectivity index (χ0) is 70.7. The molecule has 0 N–H and O–H groups in total. The summed E-state index contributed by atoms with van der Waals surface area (Å²) < 4.78 is 10.8. The molecule has 17 aromatic carbocycles. The van der Waals surface area contributed by atoms with Crippen molar-refractivity contribution in [1.29, 1.82) is 0 Å². The van der Waals surface area contributed by atoms with E-state index in [4.69, 9.17) is 0 Å². The summed E-state index contributed by atoms with van der Waals surface area (Å²) in [5.74, 6) is -0.253. The summed E-state index contributed by atoms with van der Waals surface area (Å²) in [6, 6.07) is 146. The van der Waals surface area contributed by atoms with Crippen LogP contribution < -0.4 is 4.90 Å². The van der Waals surface area contributed by atoms with Crippen LogP contribution in [0.15, 0.2) is 388 Å². The molecule has 23 rings (SSSR count). The van der Waals surface area contributed by atoms with Gasteiger partial charge in [-0.15, -0.1) is 0 Å². The number of hydrogen-bond donors (Lipinski definition) is 0. The Morgan fingerprint density at radius 3 is 0.769 bits per heavy atom. The molecule has 0 spiro atoms. The third-order valence-corrected chi connectivity index (χ3v) is 23.3. The minimum absolute atomic E-state index is 0.253. The Morgan fingerprint density at radius 1 is 0.185 bits per heavy atom. The van der Waals surface area contributed by atoms with Crippen molar-refractivity contribution in [2.75, 3.05) is 4.90 Å². The van der Waals surface area contributed by atoms with Crippen LogP contribution in [-0.4, -0.2) is 18.3 Å². The molecule has 0 aliphatic carbocycles. The zero-order valence-corrected chi connectivity index (χ0v) is 58.8. The van der Waals surface area contributed by atoms with E-state index in [2.05, 4.69) is 411 Å². The molecule has 0 saturated carbocycles. The largest absolute Gasteiger partial charge is 0.306 e. The number of rotatable bonds is 11. The van der Waals surface area contributed by atoms with Gasteiger partial charge in [0.05, 0.1) is 72.6 Å². The SMILES string of the molecule is c1ccc(-c2ccc(N(c3ccc(-c4ccccc4)cc3)c3c(-n4c5ccc(-c6ccccc6)cc5c5cc(-c6ccccc6)ccc54)c4c5c(c3-n3c6ccc(-c7ccccc7)cc6c6cc(-c7ccccc7)ccc63)-n3c6ccccc6c6cccc(c63)C5c3cccc5c6ccccc6n-4c35)cc2)cc1. The van der Waals surface area contributed by atoms with Gasteiger partial charge in [0.15, 0.2) is 0 Å². The minimum Gasteiger partial charge on any atom is -0.306 e. The molecule has 0 atom stereocenters. The second-order valence-corrected chi connectivity index (χ2v) is 29.0. The van der Waals surface area contributed by atoms with Crippen LogP contribution in [0.1, 0.15) is 22.6 Å². The Bertz CT molecular complexity index is 6610. The van der Waals surface area contributed by atoms with Crippen molar-refractivity contribution in [3.05, 3.63) is 405 Å². The molecule has 0 unspecified atom stereocenters. The Balaban J connectivity index is 0.998. The summed E-state index contributed by atoms with van der Waals surface area (Å²) >= 11 is 0. The van der Waals surface area contributed by atoms with Gasteiger partial charge in [0.25, 0.3) is 0 Å². The van der Waals surface area contributed by atoms with E-state index in [0.717, 1.165) is 161 Å². The standard InChI is InChI=1S/C103H65N5/c1-7-25-65(26-8-1)71-45-53-77(54-46-71)104(78-55-47-72(48-56-78)66-27-9-2-10-28-66)103-101(105-91-57-49-73(67-29-11-3-12-30-67)61-85(91)86-62-74(50-58-92(86)105)68-31-13-4-14-32-68)99-96-95(83-41-23-39-81-79-37-19-21-43-89(79)107(99)97(81)83)84-42-24-40-82-80-38-20-22-44-90(80)108(98(82)84)100(96)102(103)106-93-59-51-75(69-33-15-5-16-34-69)63-87(93)88-64-76(52-60-94(88)106)70-35-17-6-18-36-70/h1-64,95H. The quantitative estimate of drug-likeness (QED) is 0.127. The van der Waals surface area contributed by atoms with Crippen LogP contribution in [0.3, 0.4) is 0 Å². The lowest BCUT2D eigenvalue weighted by molar-refractivity contribution is 0.868. The number of aromatic nitrogens is 4. The van der Waals surface area contributed by atoms with Crippen LogP contribution in [-0.2, 0) is 0 Å². The molecule has 2 aliphatic heterocycles. The van der Waals surface area contributed by atoms with E-state index in [1.54, 1.807) is 0 Å². The van der Waals surface area contributed by atoms with E-state index in [1.165, 1.54) is 49.3 Å². The molecule has 0 fully saturated rings. The smallest absolute Gasteiger partial charge is 0.0990 e. The van der Waals surface area contributed by atoms with E-state index < -0.39 is 0 Å². The second kappa shape index (κ2) is 23.6. The summed E-state index contributed by atoms with van der Waals surface area (Å²) in [5, 5.41) is 9.50. The number of anilines is 3. The highest BCUT2D eigenvalue weighted by Gasteiger charge is 2.45. The maximum absolute atomic E-state index is 2.71. The van der Waals surface area contributed by atoms with Crippen LogP contribution in [0.2, 0.25) is 0 Å². The molecule has 6 heterocycles. The van der Waals surface area contributed by atoms with Crippen LogP contribution in [0.5, 0.6) is 0 Å². The van der Waals surface area contributed by atoms with Gasteiger partial charge in [-0.25, -0.2) is 0 Å². The summed E-state index contributed by atoms with van der Waals surface area (Å²) in [4.78, 5) is 2.65. The fourth-order valence-corrected chi connectivity index (χ4v) is 18.6. The molecule has 108 heavy (non-hydrogen) atoms. The average molecular weight is 1370 g/mol. The molecule has 2 aliphatic rings. The van der Waals surface area contributed by atoms with E-state index in [1.807, 2.05) is 0 Å². The molecule has 5 nitrogen and oxygen atoms in total. The first-order chi connectivity index (χ1) is 53.6. The Labute approximate surface area is 623 Å². The average Bonchev–Trinajstić information content (AvgIpc) is 1.39. The van der Waals surface area contributed by atoms with Crippen LogP contribution in [0, 0.1) is 0 Å². The highest BCUT2D eigenvalue weighted by molar-refractivity contribution is 6.21. The van der Waals surface area contributed by atoms with E-state index in [-0.39, 0.29) is 5.92 Å². The predicted octanol–water partition coefficient (Wildman–Crippen LogP) is 27.4. The zero-order valence-electron chi connectivity index (χ0n) is 58.8. The fraction of sp³-hybridized carbons (Fsp3) is 0.00971. The van der Waals surface area contributed by atoms with Gasteiger partial charge in [-0.05, 0) is 163 Å². The van der Waals surface area contributed by atoms with Gasteiger partial charge in [-0.1, -0.05) is 303 Å². The molecule has 0 amide bonds. The highest BCUT2D eigenvalue weighted by atomic mass is 15.2. The van der Waals surface area contributed by atoms with Crippen molar-refractivity contribution in [2.45, 2.75) is 5.92 Å². The molecule has 0 saturated heterocycles. The number of fused-ring (bicyclic) bond motifs is 16. The van der Waals surface area contributed by atoms with Crippen LogP contribution in [0.4, 0.5) is 17.1 Å². The lowest BCUT2D eigenvalue weighted by Crippen LogP contribution is -2.28. The molecule has 0 radical (unpaired) electrons. The fourth-order valence-electron chi connectivity index (χ4n) is 18.6. The van der Waals surface area contributed by atoms with Crippen molar-refractivity contribution in [2.24, 2.45) is 0 Å². The van der Waals surface area contributed by atoms with Crippen molar-refractivity contribution >= 4 is 104 Å². The molecular weight excluding hydrogens is 1310 g/mol. The lowest BCUT2D eigenvalue weighted by Gasteiger charge is -2.41. The number of hydrogen-bond acceptors (Lipinski definition) is 1. The van der Waals surface area contributed by atoms with Gasteiger partial charge < -0.3 is 23.2 Å². The minimum atomic E-state index is -0.253. The monoisotopic (exact) mass is 1370 g/mol. The maximum atomic E-state index is 2.71. The Morgan fingerprint density at radius 2 is 0.444 bits per heavy atom. The number of para-hydroxylation sites is 4. The van der Waals surface area contributed by atoms with Gasteiger partial charge in [0.2, 0.25) is 0 Å². The van der Waals surface area contributed by atoms with Gasteiger partial charge >= 0.3 is 0 Å². The second-order valence-electron chi connectivity index (χ2n) is 29.0. The topological polar surface area (TPSA) is 23.0 Å². The van der Waals surface area contributed by atoms with Gasteiger partial charge in [0, 0.05) is 65.9 Å². The Kier molecular flexibility index (Phi) is 13.2. The van der Waals surface area contributed by atoms with E-state index >= 15 is 0 Å². The molecule has 21 aromatic rings. The first-order valence-corrected chi connectivity index (χ1v) is 37.4. The first-order valence-electron chi connectivity index (χ1n) is 37.4. The van der Waals surface area contributed by atoms with Crippen molar-refractivity contribution < 1.29 is 0 Å². The summed E-state index contributed by atoms with van der Waals surface area (Å²) in [7, 11) is 0. The third-order valence-electron chi connectivity index (χ3n) is 23.3.